The summed E-state index contributed by atoms with van der Waals surface area (Å²) in [7, 11) is 1.40. The van der Waals surface area contributed by atoms with Gasteiger partial charge in [-0.3, -0.25) is 10.1 Å². The quantitative estimate of drug-likeness (QED) is 0.608. The van der Waals surface area contributed by atoms with Crippen molar-refractivity contribution in [2.45, 2.75) is 24.4 Å². The summed E-state index contributed by atoms with van der Waals surface area (Å²) in [5.74, 6) is -0.249. The number of carbonyl (C=O) groups is 1. The molecule has 1 spiro atoms. The van der Waals surface area contributed by atoms with Crippen molar-refractivity contribution in [1.29, 1.82) is 0 Å². The van der Waals surface area contributed by atoms with E-state index in [0.717, 1.165) is 26.1 Å². The zero-order chi connectivity index (χ0) is 10.7. The second-order valence-electron chi connectivity index (χ2n) is 4.13. The molecule has 15 heavy (non-hydrogen) atoms. The molecule has 2 aliphatic heterocycles. The number of methoxy groups -OCH3 is 1. The van der Waals surface area contributed by atoms with Gasteiger partial charge in [0, 0.05) is 18.8 Å². The summed E-state index contributed by atoms with van der Waals surface area (Å²) in [6.45, 7) is 2.51. The van der Waals surface area contributed by atoms with Gasteiger partial charge in [0.2, 0.25) is 0 Å². The fraction of sp³-hybridized carbons (Fsp3) is 0.900. The largest absolute Gasteiger partial charge is 0.468 e. The first-order chi connectivity index (χ1) is 7.26. The van der Waals surface area contributed by atoms with Crippen molar-refractivity contribution in [2.24, 2.45) is 0 Å². The molecule has 2 aliphatic rings. The lowest BCUT2D eigenvalue weighted by Crippen LogP contribution is -2.63. The van der Waals surface area contributed by atoms with Crippen molar-refractivity contribution in [2.75, 3.05) is 33.5 Å². The van der Waals surface area contributed by atoms with Crippen LogP contribution < -0.4 is 5.32 Å². The van der Waals surface area contributed by atoms with Crippen molar-refractivity contribution < 1.29 is 19.0 Å². The van der Waals surface area contributed by atoms with Crippen LogP contribution in [0.4, 0.5) is 0 Å². The molecule has 0 aromatic heterocycles. The van der Waals surface area contributed by atoms with Crippen LogP contribution in [0.5, 0.6) is 0 Å². The number of ether oxygens (including phenoxy) is 3. The number of hydrogen-bond donors (Lipinski definition) is 1. The van der Waals surface area contributed by atoms with Gasteiger partial charge >= 0.3 is 5.97 Å². The fourth-order valence-electron chi connectivity index (χ4n) is 2.15. The van der Waals surface area contributed by atoms with Gasteiger partial charge in [0.1, 0.15) is 6.04 Å². The minimum absolute atomic E-state index is 0.0879. The summed E-state index contributed by atoms with van der Waals surface area (Å²) in [5, 5.41) is 3.34. The third-order valence-electron chi connectivity index (χ3n) is 3.08. The predicted octanol–water partition coefficient (Wildman–Crippen LogP) is -0.303. The number of nitrogens with one attached hydrogen (secondary N) is 1. The molecule has 1 atom stereocenters. The molecule has 0 bridgehead atoms. The minimum Gasteiger partial charge on any atom is -0.468 e. The molecule has 0 amide bonds. The molecule has 0 saturated carbocycles. The Morgan fingerprint density at radius 3 is 2.80 bits per heavy atom. The van der Waals surface area contributed by atoms with E-state index in [1.165, 1.54) is 7.11 Å². The van der Waals surface area contributed by atoms with Gasteiger partial charge in [0.15, 0.2) is 0 Å². The number of carbonyl (C=O) groups excluding carboxylic acids is 1. The highest BCUT2D eigenvalue weighted by Gasteiger charge is 2.40. The van der Waals surface area contributed by atoms with Crippen LogP contribution in [-0.4, -0.2) is 51.1 Å². The summed E-state index contributed by atoms with van der Waals surface area (Å²) in [4.78, 5) is 11.4. The molecule has 1 N–H and O–H groups in total. The topological polar surface area (TPSA) is 56.8 Å². The first-order valence-electron chi connectivity index (χ1n) is 5.27. The monoisotopic (exact) mass is 215 g/mol. The van der Waals surface area contributed by atoms with E-state index < -0.39 is 0 Å². The highest BCUT2D eigenvalue weighted by molar-refractivity contribution is 5.76. The van der Waals surface area contributed by atoms with E-state index in [1.54, 1.807) is 0 Å². The zero-order valence-electron chi connectivity index (χ0n) is 8.95. The van der Waals surface area contributed by atoms with E-state index in [0.29, 0.717) is 13.2 Å². The van der Waals surface area contributed by atoms with E-state index in [2.05, 4.69) is 5.32 Å². The van der Waals surface area contributed by atoms with E-state index >= 15 is 0 Å². The number of morpholine rings is 1. The van der Waals surface area contributed by atoms with Crippen LogP contribution in [0.3, 0.4) is 0 Å². The predicted molar refractivity (Wildman–Crippen MR) is 52.5 cm³/mol. The Morgan fingerprint density at radius 2 is 2.13 bits per heavy atom. The average Bonchev–Trinajstić information content (AvgIpc) is 2.29. The molecule has 2 fully saturated rings. The molecule has 0 aromatic rings. The van der Waals surface area contributed by atoms with Crippen LogP contribution in [-0.2, 0) is 19.0 Å². The number of rotatable bonds is 1. The maximum absolute atomic E-state index is 11.4. The number of hydrogen-bond acceptors (Lipinski definition) is 5. The van der Waals surface area contributed by atoms with Gasteiger partial charge in [0.05, 0.1) is 20.3 Å². The van der Waals surface area contributed by atoms with Crippen molar-refractivity contribution in [3.8, 4) is 0 Å². The molecule has 1 unspecified atom stereocenters. The van der Waals surface area contributed by atoms with Crippen LogP contribution in [0, 0.1) is 0 Å². The second kappa shape index (κ2) is 4.47. The molecule has 2 saturated heterocycles. The van der Waals surface area contributed by atoms with Crippen molar-refractivity contribution >= 4 is 5.97 Å². The van der Waals surface area contributed by atoms with E-state index in [4.69, 9.17) is 14.2 Å². The number of esters is 1. The highest BCUT2D eigenvalue weighted by Crippen LogP contribution is 2.24. The molecular formula is C10H17NO4. The van der Waals surface area contributed by atoms with Gasteiger partial charge in [0.25, 0.3) is 0 Å². The fourth-order valence-corrected chi connectivity index (χ4v) is 2.15. The average molecular weight is 215 g/mol. The van der Waals surface area contributed by atoms with Crippen LogP contribution in [0.25, 0.3) is 0 Å². The van der Waals surface area contributed by atoms with Crippen LogP contribution in [0.15, 0.2) is 0 Å². The Bertz CT molecular complexity index is 232. The van der Waals surface area contributed by atoms with Gasteiger partial charge < -0.3 is 14.2 Å². The maximum Gasteiger partial charge on any atom is 0.325 e. The summed E-state index contributed by atoms with van der Waals surface area (Å²) in [6, 6.07) is -0.332. The molecule has 0 aliphatic carbocycles. The molecule has 2 rings (SSSR count). The van der Waals surface area contributed by atoms with E-state index in [-0.39, 0.29) is 17.6 Å². The molecule has 5 nitrogen and oxygen atoms in total. The maximum atomic E-state index is 11.4. The summed E-state index contributed by atoms with van der Waals surface area (Å²) in [6.07, 6.45) is 1.78. The first-order valence-corrected chi connectivity index (χ1v) is 5.27. The van der Waals surface area contributed by atoms with Crippen molar-refractivity contribution in [3.63, 3.8) is 0 Å². The summed E-state index contributed by atoms with van der Waals surface area (Å²) >= 11 is 0. The Morgan fingerprint density at radius 1 is 1.40 bits per heavy atom. The smallest absolute Gasteiger partial charge is 0.325 e. The summed E-state index contributed by atoms with van der Waals surface area (Å²) in [5.41, 5.74) is -0.0879. The highest BCUT2D eigenvalue weighted by atomic mass is 16.5. The molecule has 5 heteroatoms. The van der Waals surface area contributed by atoms with Gasteiger partial charge in [-0.05, 0) is 12.8 Å². The van der Waals surface area contributed by atoms with Crippen molar-refractivity contribution in [1.82, 2.24) is 5.32 Å². The minimum atomic E-state index is -0.332. The van der Waals surface area contributed by atoms with Crippen LogP contribution in [0.2, 0.25) is 0 Å². The second-order valence-corrected chi connectivity index (χ2v) is 4.13. The Balaban J connectivity index is 1.99. The normalized spacial score (nSPS) is 30.1. The van der Waals surface area contributed by atoms with Crippen LogP contribution in [0.1, 0.15) is 12.8 Å². The van der Waals surface area contributed by atoms with E-state index in [9.17, 15) is 4.79 Å². The summed E-state index contributed by atoms with van der Waals surface area (Å²) < 4.78 is 15.5. The van der Waals surface area contributed by atoms with Gasteiger partial charge in [-0.15, -0.1) is 0 Å². The Labute approximate surface area is 89.1 Å². The molecule has 0 radical (unpaired) electrons. The SMILES string of the molecule is COC(=O)C1COCC2(CCOCC2)N1. The molecular weight excluding hydrogens is 198 g/mol. The molecule has 2 heterocycles. The third-order valence-corrected chi connectivity index (χ3v) is 3.08. The molecule has 86 valence electrons. The zero-order valence-corrected chi connectivity index (χ0v) is 8.95. The lowest BCUT2D eigenvalue weighted by Gasteiger charge is -2.43. The van der Waals surface area contributed by atoms with Crippen molar-refractivity contribution in [3.05, 3.63) is 0 Å². The lowest BCUT2D eigenvalue weighted by molar-refractivity contribution is -0.150. The van der Waals surface area contributed by atoms with Crippen LogP contribution >= 0.6 is 0 Å². The first kappa shape index (κ1) is 10.9. The standard InChI is InChI=1S/C10H17NO4/c1-13-9(12)8-6-15-7-10(11-8)2-4-14-5-3-10/h8,11H,2-7H2,1H3. The van der Waals surface area contributed by atoms with Gasteiger partial charge in [-0.2, -0.15) is 0 Å². The Kier molecular flexibility index (Phi) is 3.23. The van der Waals surface area contributed by atoms with E-state index in [1.807, 2.05) is 0 Å². The Hall–Kier alpha value is -0.650. The third kappa shape index (κ3) is 2.30. The lowest BCUT2D eigenvalue weighted by atomic mass is 9.89. The van der Waals surface area contributed by atoms with Gasteiger partial charge in [-0.25, -0.2) is 0 Å². The molecule has 0 aromatic carbocycles. The van der Waals surface area contributed by atoms with Gasteiger partial charge in [-0.1, -0.05) is 0 Å².